The standard InChI is InChI=1S/C12H12.C8H8/c1-3-11(4-2)10-12-8-6-5-7-9-12;1-2-8-6-4-3-5-7-8/h3-10H,1-2H2;2-7H,1H2. The molecule has 0 atom stereocenters. The number of allylic oxidation sites excluding steroid dienone is 3. The summed E-state index contributed by atoms with van der Waals surface area (Å²) in [6, 6.07) is 20.1. The van der Waals surface area contributed by atoms with E-state index >= 15 is 0 Å². The van der Waals surface area contributed by atoms with E-state index in [2.05, 4.69) is 19.7 Å². The lowest BCUT2D eigenvalue weighted by atomic mass is 10.1. The first-order chi connectivity index (χ1) is 9.80. The molecule has 0 saturated carbocycles. The average Bonchev–Trinajstić information content (AvgIpc) is 2.55. The van der Waals surface area contributed by atoms with Gasteiger partial charge >= 0.3 is 0 Å². The zero-order valence-corrected chi connectivity index (χ0v) is 11.7. The Bertz CT molecular complexity index is 550. The van der Waals surface area contributed by atoms with Crippen LogP contribution in [0.1, 0.15) is 11.1 Å². The van der Waals surface area contributed by atoms with E-state index in [1.54, 1.807) is 12.2 Å². The summed E-state index contributed by atoms with van der Waals surface area (Å²) in [4.78, 5) is 0. The van der Waals surface area contributed by atoms with Crippen LogP contribution < -0.4 is 0 Å². The van der Waals surface area contributed by atoms with Gasteiger partial charge in [0, 0.05) is 0 Å². The molecule has 0 aliphatic carbocycles. The Morgan fingerprint density at radius 1 is 0.650 bits per heavy atom. The molecule has 0 fully saturated rings. The Morgan fingerprint density at radius 2 is 1.10 bits per heavy atom. The lowest BCUT2D eigenvalue weighted by Crippen LogP contribution is -1.72. The van der Waals surface area contributed by atoms with Gasteiger partial charge in [-0.2, -0.15) is 0 Å². The molecule has 0 radical (unpaired) electrons. The summed E-state index contributed by atoms with van der Waals surface area (Å²) >= 11 is 0. The lowest BCUT2D eigenvalue weighted by Gasteiger charge is -1.93. The fourth-order valence-electron chi connectivity index (χ4n) is 1.53. The topological polar surface area (TPSA) is 0 Å². The van der Waals surface area contributed by atoms with Crippen molar-refractivity contribution in [1.29, 1.82) is 0 Å². The fourth-order valence-corrected chi connectivity index (χ4v) is 1.53. The molecule has 0 spiro atoms. The van der Waals surface area contributed by atoms with E-state index in [1.807, 2.05) is 72.8 Å². The van der Waals surface area contributed by atoms with Crippen LogP contribution in [0.4, 0.5) is 0 Å². The van der Waals surface area contributed by atoms with E-state index < -0.39 is 0 Å². The maximum Gasteiger partial charge on any atom is -0.0251 e. The molecule has 2 aromatic rings. The predicted molar refractivity (Wildman–Crippen MR) is 91.3 cm³/mol. The normalized spacial score (nSPS) is 8.60. The maximum absolute atomic E-state index is 3.69. The molecule has 0 nitrogen and oxygen atoms in total. The number of rotatable bonds is 4. The Kier molecular flexibility index (Phi) is 7.22. The highest BCUT2D eigenvalue weighted by molar-refractivity contribution is 5.58. The van der Waals surface area contributed by atoms with Crippen LogP contribution in [0.2, 0.25) is 0 Å². The minimum absolute atomic E-state index is 1.04. The molecule has 0 amide bonds. The van der Waals surface area contributed by atoms with Gasteiger partial charge in [-0.3, -0.25) is 0 Å². The van der Waals surface area contributed by atoms with Gasteiger partial charge in [-0.1, -0.05) is 98.6 Å². The molecular weight excluding hydrogens is 240 g/mol. The lowest BCUT2D eigenvalue weighted by molar-refractivity contribution is 1.64. The number of hydrogen-bond donors (Lipinski definition) is 0. The zero-order valence-electron chi connectivity index (χ0n) is 11.7. The average molecular weight is 260 g/mol. The van der Waals surface area contributed by atoms with Crippen molar-refractivity contribution in [1.82, 2.24) is 0 Å². The Hall–Kier alpha value is -2.60. The first-order valence-corrected chi connectivity index (χ1v) is 6.49. The molecule has 0 heteroatoms. The first kappa shape index (κ1) is 15.5. The first-order valence-electron chi connectivity index (χ1n) is 6.49. The van der Waals surface area contributed by atoms with Crippen molar-refractivity contribution in [2.45, 2.75) is 0 Å². The van der Waals surface area contributed by atoms with Crippen molar-refractivity contribution in [3.63, 3.8) is 0 Å². The SMILES string of the molecule is C=CC(C=C)=Cc1ccccc1.C=Cc1ccccc1. The molecule has 2 rings (SSSR count). The summed E-state index contributed by atoms with van der Waals surface area (Å²) in [5.74, 6) is 0. The van der Waals surface area contributed by atoms with E-state index in [-0.39, 0.29) is 0 Å². The van der Waals surface area contributed by atoms with Crippen molar-refractivity contribution >= 4 is 12.2 Å². The highest BCUT2D eigenvalue weighted by Crippen LogP contribution is 2.07. The summed E-state index contributed by atoms with van der Waals surface area (Å²) in [6.45, 7) is 11.0. The van der Waals surface area contributed by atoms with Gasteiger partial charge in [0.2, 0.25) is 0 Å². The predicted octanol–water partition coefficient (Wildman–Crippen LogP) is 5.77. The minimum atomic E-state index is 1.04. The van der Waals surface area contributed by atoms with Gasteiger partial charge < -0.3 is 0 Å². The highest BCUT2D eigenvalue weighted by Gasteiger charge is 1.85. The second-order valence-electron chi connectivity index (χ2n) is 4.08. The van der Waals surface area contributed by atoms with Gasteiger partial charge in [0.25, 0.3) is 0 Å². The van der Waals surface area contributed by atoms with E-state index in [0.717, 1.165) is 5.57 Å². The van der Waals surface area contributed by atoms with Gasteiger partial charge in [0.1, 0.15) is 0 Å². The van der Waals surface area contributed by atoms with Crippen LogP contribution in [0.3, 0.4) is 0 Å². The number of hydrogen-bond acceptors (Lipinski definition) is 0. The van der Waals surface area contributed by atoms with Gasteiger partial charge in [-0.25, -0.2) is 0 Å². The van der Waals surface area contributed by atoms with Crippen LogP contribution in [0.5, 0.6) is 0 Å². The molecule has 0 aliphatic rings. The van der Waals surface area contributed by atoms with Crippen molar-refractivity contribution in [3.05, 3.63) is 109 Å². The summed E-state index contributed by atoms with van der Waals surface area (Å²) in [7, 11) is 0. The largest absolute Gasteiger partial charge is 0.0985 e. The molecule has 0 heterocycles. The van der Waals surface area contributed by atoms with Gasteiger partial charge in [-0.15, -0.1) is 0 Å². The van der Waals surface area contributed by atoms with Gasteiger partial charge in [0.05, 0.1) is 0 Å². The molecule has 0 aromatic heterocycles. The maximum atomic E-state index is 3.69. The molecule has 0 aliphatic heterocycles. The Morgan fingerprint density at radius 3 is 1.45 bits per heavy atom. The van der Waals surface area contributed by atoms with Crippen LogP contribution in [-0.4, -0.2) is 0 Å². The summed E-state index contributed by atoms with van der Waals surface area (Å²) in [5, 5.41) is 0. The quantitative estimate of drug-likeness (QED) is 0.612. The fraction of sp³-hybridized carbons (Fsp3) is 0. The minimum Gasteiger partial charge on any atom is -0.0985 e. The molecule has 0 unspecified atom stereocenters. The highest BCUT2D eigenvalue weighted by atomic mass is 13.9. The monoisotopic (exact) mass is 260 g/mol. The third kappa shape index (κ3) is 5.83. The molecule has 0 bridgehead atoms. The molecule has 2 aromatic carbocycles. The number of benzene rings is 2. The van der Waals surface area contributed by atoms with E-state index in [4.69, 9.17) is 0 Å². The van der Waals surface area contributed by atoms with Crippen LogP contribution >= 0.6 is 0 Å². The molecule has 100 valence electrons. The van der Waals surface area contributed by atoms with Crippen LogP contribution in [0.15, 0.2) is 98.1 Å². The molecular formula is C20H20. The van der Waals surface area contributed by atoms with E-state index in [1.165, 1.54) is 11.1 Å². The van der Waals surface area contributed by atoms with Gasteiger partial charge in [0.15, 0.2) is 0 Å². The van der Waals surface area contributed by atoms with Crippen molar-refractivity contribution in [2.24, 2.45) is 0 Å². The van der Waals surface area contributed by atoms with Gasteiger partial charge in [-0.05, 0) is 22.8 Å². The third-order valence-corrected chi connectivity index (χ3v) is 2.64. The van der Waals surface area contributed by atoms with Crippen LogP contribution in [-0.2, 0) is 0 Å². The smallest absolute Gasteiger partial charge is 0.0251 e. The van der Waals surface area contributed by atoms with Crippen molar-refractivity contribution in [3.8, 4) is 0 Å². The van der Waals surface area contributed by atoms with Crippen LogP contribution in [0, 0.1) is 0 Å². The Balaban J connectivity index is 0.000000217. The van der Waals surface area contributed by atoms with E-state index in [9.17, 15) is 0 Å². The van der Waals surface area contributed by atoms with E-state index in [0.29, 0.717) is 0 Å². The summed E-state index contributed by atoms with van der Waals surface area (Å²) in [6.07, 6.45) is 7.46. The second kappa shape index (κ2) is 9.35. The molecule has 0 N–H and O–H groups in total. The van der Waals surface area contributed by atoms with Crippen LogP contribution in [0.25, 0.3) is 12.2 Å². The zero-order chi connectivity index (χ0) is 14.6. The third-order valence-electron chi connectivity index (χ3n) is 2.64. The summed E-state index contributed by atoms with van der Waals surface area (Å²) < 4.78 is 0. The molecule has 20 heavy (non-hydrogen) atoms. The second-order valence-corrected chi connectivity index (χ2v) is 4.08. The van der Waals surface area contributed by atoms with Crippen molar-refractivity contribution in [2.75, 3.05) is 0 Å². The molecule has 0 saturated heterocycles. The Labute approximate surface area is 122 Å². The summed E-state index contributed by atoms with van der Waals surface area (Å²) in [5.41, 5.74) is 3.39. The van der Waals surface area contributed by atoms with Crippen molar-refractivity contribution < 1.29 is 0 Å².